The Bertz CT molecular complexity index is 618. The van der Waals surface area contributed by atoms with E-state index in [1.54, 1.807) is 0 Å². The van der Waals surface area contributed by atoms with Gasteiger partial charge in [0.1, 0.15) is 11.3 Å². The van der Waals surface area contributed by atoms with Crippen LogP contribution in [0.1, 0.15) is 12.5 Å². The van der Waals surface area contributed by atoms with Gasteiger partial charge < -0.3 is 5.32 Å². The average molecular weight is 234 g/mol. The number of rotatable bonds is 1. The van der Waals surface area contributed by atoms with Crippen LogP contribution in [-0.4, -0.2) is 28.1 Å². The van der Waals surface area contributed by atoms with Crippen LogP contribution in [0.2, 0.25) is 0 Å². The highest BCUT2D eigenvalue weighted by molar-refractivity contribution is 5.76. The molecule has 1 fully saturated rings. The summed E-state index contributed by atoms with van der Waals surface area (Å²) in [6.07, 6.45) is 0.843. The molecule has 2 heterocycles. The maximum absolute atomic E-state index is 13.1. The lowest BCUT2D eigenvalue weighted by Gasteiger charge is -2.10. The molecule has 1 aromatic heterocycles. The largest absolute Gasteiger partial charge is 0.315 e. The number of nitrogens with zero attached hydrogens (tertiary/aromatic N) is 3. The van der Waals surface area contributed by atoms with E-state index in [0.717, 1.165) is 13.0 Å². The fourth-order valence-corrected chi connectivity index (χ4v) is 2.11. The summed E-state index contributed by atoms with van der Waals surface area (Å²) in [6, 6.07) is 3.97. The fourth-order valence-electron chi connectivity index (χ4n) is 2.11. The Morgan fingerprint density at radius 2 is 2.35 bits per heavy atom. The van der Waals surface area contributed by atoms with Gasteiger partial charge in [-0.25, -0.2) is 9.07 Å². The highest BCUT2D eigenvalue weighted by Crippen LogP contribution is 2.13. The van der Waals surface area contributed by atoms with Crippen molar-refractivity contribution in [2.45, 2.75) is 12.5 Å². The second-order valence-electron chi connectivity index (χ2n) is 4.15. The van der Waals surface area contributed by atoms with Crippen LogP contribution in [0.15, 0.2) is 23.0 Å². The minimum absolute atomic E-state index is 0.0164. The molecule has 0 aliphatic carbocycles. The van der Waals surface area contributed by atoms with Crippen molar-refractivity contribution in [2.24, 2.45) is 0 Å². The topological polar surface area (TPSA) is 59.8 Å². The molecule has 1 saturated heterocycles. The highest BCUT2D eigenvalue weighted by Gasteiger charge is 2.20. The lowest BCUT2D eigenvalue weighted by atomic mass is 10.2. The predicted octanol–water partition coefficient (Wildman–Crippen LogP) is 0.465. The average Bonchev–Trinajstić information content (AvgIpc) is 2.84. The van der Waals surface area contributed by atoms with E-state index in [1.807, 2.05) is 0 Å². The van der Waals surface area contributed by atoms with Crippen LogP contribution >= 0.6 is 0 Å². The molecule has 5 nitrogen and oxygen atoms in total. The van der Waals surface area contributed by atoms with Crippen molar-refractivity contribution in [3.63, 3.8) is 0 Å². The van der Waals surface area contributed by atoms with Crippen LogP contribution in [0.3, 0.4) is 0 Å². The van der Waals surface area contributed by atoms with E-state index >= 15 is 0 Å². The van der Waals surface area contributed by atoms with E-state index in [0.29, 0.717) is 12.1 Å². The lowest BCUT2D eigenvalue weighted by Crippen LogP contribution is -2.29. The smallest absolute Gasteiger partial charge is 0.278 e. The molecular weight excluding hydrogens is 223 g/mol. The quantitative estimate of drug-likeness (QED) is 0.779. The van der Waals surface area contributed by atoms with Gasteiger partial charge in [0.25, 0.3) is 5.56 Å². The van der Waals surface area contributed by atoms with Crippen molar-refractivity contribution in [1.82, 2.24) is 20.3 Å². The first-order valence-electron chi connectivity index (χ1n) is 5.51. The van der Waals surface area contributed by atoms with E-state index in [1.165, 1.54) is 22.9 Å². The van der Waals surface area contributed by atoms with Crippen molar-refractivity contribution in [3.8, 4) is 0 Å². The Kier molecular flexibility index (Phi) is 2.36. The van der Waals surface area contributed by atoms with E-state index < -0.39 is 5.82 Å². The minimum atomic E-state index is -0.432. The molecule has 1 N–H and O–H groups in total. The first-order valence-corrected chi connectivity index (χ1v) is 5.51. The monoisotopic (exact) mass is 234 g/mol. The number of benzene rings is 1. The maximum Gasteiger partial charge on any atom is 0.278 e. The number of fused-ring (bicyclic) bond motifs is 1. The third-order valence-electron chi connectivity index (χ3n) is 3.03. The molecule has 1 aliphatic rings. The summed E-state index contributed by atoms with van der Waals surface area (Å²) >= 11 is 0. The van der Waals surface area contributed by atoms with Gasteiger partial charge in [-0.2, -0.15) is 0 Å². The van der Waals surface area contributed by atoms with Crippen molar-refractivity contribution in [3.05, 3.63) is 34.4 Å². The molecule has 88 valence electrons. The van der Waals surface area contributed by atoms with Crippen molar-refractivity contribution in [2.75, 3.05) is 13.1 Å². The number of nitrogens with one attached hydrogen (secondary N) is 1. The SMILES string of the molecule is O=c1c2cc(F)ccc2nnn1C1CCNC1. The fraction of sp³-hybridized carbons (Fsp3) is 0.364. The maximum atomic E-state index is 13.1. The first kappa shape index (κ1) is 10.3. The molecule has 0 saturated carbocycles. The number of aromatic nitrogens is 3. The molecule has 1 unspecified atom stereocenters. The summed E-state index contributed by atoms with van der Waals surface area (Å²) in [4.78, 5) is 12.1. The molecule has 1 aliphatic heterocycles. The number of halogens is 1. The number of hydrogen-bond acceptors (Lipinski definition) is 4. The third kappa shape index (κ3) is 1.70. The molecule has 6 heteroatoms. The van der Waals surface area contributed by atoms with Crippen molar-refractivity contribution in [1.29, 1.82) is 0 Å². The van der Waals surface area contributed by atoms with Crippen LogP contribution in [0, 0.1) is 5.82 Å². The summed E-state index contributed by atoms with van der Waals surface area (Å²) in [6.45, 7) is 1.56. The van der Waals surface area contributed by atoms with Crippen LogP contribution in [-0.2, 0) is 0 Å². The zero-order valence-electron chi connectivity index (χ0n) is 9.06. The van der Waals surface area contributed by atoms with Gasteiger partial charge in [0.15, 0.2) is 0 Å². The number of hydrogen-bond donors (Lipinski definition) is 1. The molecule has 0 spiro atoms. The first-order chi connectivity index (χ1) is 8.25. The predicted molar refractivity (Wildman–Crippen MR) is 60.3 cm³/mol. The second kappa shape index (κ2) is 3.89. The summed E-state index contributed by atoms with van der Waals surface area (Å²) in [5.74, 6) is -0.432. The molecule has 0 amide bonds. The van der Waals surface area contributed by atoms with Crippen LogP contribution < -0.4 is 10.9 Å². The van der Waals surface area contributed by atoms with E-state index in [2.05, 4.69) is 15.6 Å². The summed E-state index contributed by atoms with van der Waals surface area (Å²) in [7, 11) is 0. The minimum Gasteiger partial charge on any atom is -0.315 e. The summed E-state index contributed by atoms with van der Waals surface area (Å²) < 4.78 is 14.5. The Morgan fingerprint density at radius 3 is 3.12 bits per heavy atom. The standard InChI is InChI=1S/C11H11FN4O/c12-7-1-2-10-9(5-7)11(17)16(15-14-10)8-3-4-13-6-8/h1-2,5,8,13H,3-4,6H2. The van der Waals surface area contributed by atoms with Crippen LogP contribution in [0.4, 0.5) is 4.39 Å². The Hall–Kier alpha value is -1.82. The van der Waals surface area contributed by atoms with Crippen LogP contribution in [0.25, 0.3) is 10.9 Å². The van der Waals surface area contributed by atoms with Gasteiger partial charge in [0, 0.05) is 6.54 Å². The Balaban J connectivity index is 2.21. The molecule has 2 aromatic rings. The van der Waals surface area contributed by atoms with Crippen molar-refractivity contribution >= 4 is 10.9 Å². The van der Waals surface area contributed by atoms with Gasteiger partial charge >= 0.3 is 0 Å². The van der Waals surface area contributed by atoms with E-state index in [-0.39, 0.29) is 17.0 Å². The zero-order valence-corrected chi connectivity index (χ0v) is 9.06. The molecule has 17 heavy (non-hydrogen) atoms. The van der Waals surface area contributed by atoms with Crippen LogP contribution in [0.5, 0.6) is 0 Å². The van der Waals surface area contributed by atoms with E-state index in [9.17, 15) is 9.18 Å². The van der Waals surface area contributed by atoms with Gasteiger partial charge in [-0.15, -0.1) is 5.10 Å². The molecule has 0 bridgehead atoms. The molecule has 3 rings (SSSR count). The van der Waals surface area contributed by atoms with Gasteiger partial charge in [-0.1, -0.05) is 5.21 Å². The Morgan fingerprint density at radius 1 is 1.47 bits per heavy atom. The molecule has 1 atom stereocenters. The second-order valence-corrected chi connectivity index (χ2v) is 4.15. The highest BCUT2D eigenvalue weighted by atomic mass is 19.1. The molecule has 0 radical (unpaired) electrons. The van der Waals surface area contributed by atoms with Gasteiger partial charge in [-0.05, 0) is 31.2 Å². The van der Waals surface area contributed by atoms with Gasteiger partial charge in [-0.3, -0.25) is 4.79 Å². The molecular formula is C11H11FN4O. The lowest BCUT2D eigenvalue weighted by molar-refractivity contribution is 0.448. The molecule has 1 aromatic carbocycles. The van der Waals surface area contributed by atoms with Gasteiger partial charge in [0.2, 0.25) is 0 Å². The summed E-state index contributed by atoms with van der Waals surface area (Å²) in [5, 5.41) is 11.3. The Labute approximate surface area is 96.2 Å². The van der Waals surface area contributed by atoms with Crippen molar-refractivity contribution < 1.29 is 4.39 Å². The normalized spacial score (nSPS) is 19.9. The summed E-state index contributed by atoms with van der Waals surface area (Å²) in [5.41, 5.74) is 0.154. The van der Waals surface area contributed by atoms with E-state index in [4.69, 9.17) is 0 Å². The zero-order chi connectivity index (χ0) is 11.8. The third-order valence-corrected chi connectivity index (χ3v) is 3.03. The van der Waals surface area contributed by atoms with Gasteiger partial charge in [0.05, 0.1) is 11.4 Å².